The van der Waals surface area contributed by atoms with Gasteiger partial charge in [-0.25, -0.2) is 4.79 Å². The standard InChI is InChI=1S/C15H26N2O4/c1-11-8-17(10-14(2,3)21-11)13(20)16-9-15(12(18)19)6-4-5-7-15/h11H,4-10H2,1-3H3,(H,16,20)(H,18,19). The van der Waals surface area contributed by atoms with Crippen molar-refractivity contribution in [1.29, 1.82) is 0 Å². The maximum atomic E-state index is 12.3. The number of rotatable bonds is 3. The summed E-state index contributed by atoms with van der Waals surface area (Å²) in [5.74, 6) is -0.795. The van der Waals surface area contributed by atoms with E-state index in [2.05, 4.69) is 5.32 Å². The van der Waals surface area contributed by atoms with E-state index in [0.29, 0.717) is 25.9 Å². The first-order chi connectivity index (χ1) is 9.74. The van der Waals surface area contributed by atoms with Crippen LogP contribution in [0.15, 0.2) is 0 Å². The Morgan fingerprint density at radius 3 is 2.48 bits per heavy atom. The summed E-state index contributed by atoms with van der Waals surface area (Å²) in [5.41, 5.74) is -1.14. The molecule has 0 bridgehead atoms. The van der Waals surface area contributed by atoms with E-state index < -0.39 is 11.4 Å². The number of ether oxygens (including phenoxy) is 1. The molecular formula is C15H26N2O4. The Bertz CT molecular complexity index is 416. The number of hydrogen-bond acceptors (Lipinski definition) is 3. The number of carboxylic acid groups (broad SMARTS) is 1. The first kappa shape index (κ1) is 16.1. The highest BCUT2D eigenvalue weighted by atomic mass is 16.5. The van der Waals surface area contributed by atoms with Crippen LogP contribution in [0, 0.1) is 5.41 Å². The van der Waals surface area contributed by atoms with Crippen LogP contribution < -0.4 is 5.32 Å². The number of carbonyl (C=O) groups is 2. The van der Waals surface area contributed by atoms with E-state index in [1.54, 1.807) is 4.90 Å². The minimum Gasteiger partial charge on any atom is -0.481 e. The van der Waals surface area contributed by atoms with Crippen molar-refractivity contribution in [3.05, 3.63) is 0 Å². The van der Waals surface area contributed by atoms with Gasteiger partial charge in [0, 0.05) is 13.1 Å². The van der Waals surface area contributed by atoms with Crippen molar-refractivity contribution in [2.75, 3.05) is 19.6 Å². The van der Waals surface area contributed by atoms with Crippen LogP contribution in [-0.2, 0) is 9.53 Å². The average Bonchev–Trinajstić information content (AvgIpc) is 2.83. The molecule has 1 saturated heterocycles. The van der Waals surface area contributed by atoms with Crippen molar-refractivity contribution in [2.45, 2.75) is 58.2 Å². The summed E-state index contributed by atoms with van der Waals surface area (Å²) in [7, 11) is 0. The quantitative estimate of drug-likeness (QED) is 0.833. The predicted octanol–water partition coefficient (Wildman–Crippen LogP) is 1.84. The highest BCUT2D eigenvalue weighted by Crippen LogP contribution is 2.37. The number of aliphatic carboxylic acids is 1. The smallest absolute Gasteiger partial charge is 0.317 e. The average molecular weight is 298 g/mol. The molecule has 0 spiro atoms. The van der Waals surface area contributed by atoms with Gasteiger partial charge >= 0.3 is 12.0 Å². The third-order valence-corrected chi connectivity index (χ3v) is 4.45. The zero-order valence-corrected chi connectivity index (χ0v) is 13.1. The normalized spacial score (nSPS) is 27.4. The van der Waals surface area contributed by atoms with Crippen LogP contribution in [0.1, 0.15) is 46.5 Å². The summed E-state index contributed by atoms with van der Waals surface area (Å²) in [4.78, 5) is 25.5. The second-order valence-corrected chi connectivity index (χ2v) is 7.02. The van der Waals surface area contributed by atoms with E-state index in [4.69, 9.17) is 4.74 Å². The molecule has 6 nitrogen and oxygen atoms in total. The zero-order valence-electron chi connectivity index (χ0n) is 13.1. The van der Waals surface area contributed by atoms with Crippen molar-refractivity contribution in [1.82, 2.24) is 10.2 Å². The largest absolute Gasteiger partial charge is 0.481 e. The monoisotopic (exact) mass is 298 g/mol. The van der Waals surface area contributed by atoms with Crippen molar-refractivity contribution in [3.63, 3.8) is 0 Å². The fourth-order valence-electron chi connectivity index (χ4n) is 3.48. The number of hydrogen-bond donors (Lipinski definition) is 2. The molecule has 0 aromatic rings. The summed E-state index contributed by atoms with van der Waals surface area (Å²) in [6.45, 7) is 7.13. The number of carbonyl (C=O) groups excluding carboxylic acids is 1. The lowest BCUT2D eigenvalue weighted by Crippen LogP contribution is -2.57. The lowest BCUT2D eigenvalue weighted by Gasteiger charge is -2.41. The van der Waals surface area contributed by atoms with Crippen molar-refractivity contribution in [3.8, 4) is 0 Å². The van der Waals surface area contributed by atoms with E-state index in [-0.39, 0.29) is 24.3 Å². The number of carboxylic acids is 1. The molecule has 2 aliphatic rings. The Balaban J connectivity index is 1.93. The molecule has 0 aromatic carbocycles. The Kier molecular flexibility index (Phi) is 4.46. The number of urea groups is 1. The minimum atomic E-state index is -0.795. The summed E-state index contributed by atoms with van der Waals surface area (Å²) in [6.07, 6.45) is 3.12. The molecule has 120 valence electrons. The third kappa shape index (κ3) is 3.67. The molecule has 1 aliphatic carbocycles. The van der Waals surface area contributed by atoms with Crippen molar-refractivity contribution in [2.24, 2.45) is 5.41 Å². The second kappa shape index (κ2) is 5.83. The van der Waals surface area contributed by atoms with E-state index in [1.807, 2.05) is 20.8 Å². The van der Waals surface area contributed by atoms with E-state index in [9.17, 15) is 14.7 Å². The first-order valence-corrected chi connectivity index (χ1v) is 7.68. The zero-order chi connectivity index (χ0) is 15.7. The Labute approximate surface area is 125 Å². The van der Waals surface area contributed by atoms with E-state index in [0.717, 1.165) is 12.8 Å². The molecule has 2 amide bonds. The Hall–Kier alpha value is -1.30. The lowest BCUT2D eigenvalue weighted by molar-refractivity contribution is -0.148. The molecule has 2 rings (SSSR count). The molecule has 1 atom stereocenters. The lowest BCUT2D eigenvalue weighted by atomic mass is 9.86. The van der Waals surface area contributed by atoms with Crippen LogP contribution in [0.25, 0.3) is 0 Å². The van der Waals surface area contributed by atoms with Crippen LogP contribution in [0.2, 0.25) is 0 Å². The van der Waals surface area contributed by atoms with Crippen LogP contribution >= 0.6 is 0 Å². The van der Waals surface area contributed by atoms with E-state index in [1.165, 1.54) is 0 Å². The molecule has 1 heterocycles. The van der Waals surface area contributed by atoms with Crippen molar-refractivity contribution < 1.29 is 19.4 Å². The molecule has 21 heavy (non-hydrogen) atoms. The van der Waals surface area contributed by atoms with Gasteiger partial charge in [0.25, 0.3) is 0 Å². The number of amides is 2. The Morgan fingerprint density at radius 2 is 1.95 bits per heavy atom. The summed E-state index contributed by atoms with van der Waals surface area (Å²) < 4.78 is 5.77. The number of nitrogens with one attached hydrogen (secondary N) is 1. The van der Waals surface area contributed by atoms with E-state index >= 15 is 0 Å². The van der Waals surface area contributed by atoms with Crippen LogP contribution in [0.4, 0.5) is 4.79 Å². The van der Waals surface area contributed by atoms with Gasteiger partial charge in [0.15, 0.2) is 0 Å². The van der Waals surface area contributed by atoms with Gasteiger partial charge in [-0.2, -0.15) is 0 Å². The fraction of sp³-hybridized carbons (Fsp3) is 0.867. The molecule has 1 unspecified atom stereocenters. The highest BCUT2D eigenvalue weighted by molar-refractivity contribution is 5.78. The molecule has 2 N–H and O–H groups in total. The number of morpholine rings is 1. The summed E-state index contributed by atoms with van der Waals surface area (Å²) >= 11 is 0. The molecule has 1 aliphatic heterocycles. The molecule has 6 heteroatoms. The SMILES string of the molecule is CC1CN(C(=O)NCC2(C(=O)O)CCCC2)CC(C)(C)O1. The van der Waals surface area contributed by atoms with Gasteiger partial charge in [-0.15, -0.1) is 0 Å². The van der Waals surface area contributed by atoms with Gasteiger partial charge in [-0.1, -0.05) is 12.8 Å². The first-order valence-electron chi connectivity index (χ1n) is 7.68. The summed E-state index contributed by atoms with van der Waals surface area (Å²) in [5, 5.41) is 12.3. The van der Waals surface area contributed by atoms with Crippen LogP contribution in [0.5, 0.6) is 0 Å². The highest BCUT2D eigenvalue weighted by Gasteiger charge is 2.42. The van der Waals surface area contributed by atoms with Gasteiger partial charge in [0.2, 0.25) is 0 Å². The fourth-order valence-corrected chi connectivity index (χ4v) is 3.48. The topological polar surface area (TPSA) is 78.9 Å². The molecule has 2 fully saturated rings. The minimum absolute atomic E-state index is 0.0144. The predicted molar refractivity (Wildman–Crippen MR) is 78.1 cm³/mol. The third-order valence-electron chi connectivity index (χ3n) is 4.45. The van der Waals surface area contributed by atoms with Gasteiger partial charge in [-0.3, -0.25) is 4.79 Å². The van der Waals surface area contributed by atoms with Crippen molar-refractivity contribution >= 4 is 12.0 Å². The Morgan fingerprint density at radius 1 is 1.33 bits per heavy atom. The summed E-state index contributed by atoms with van der Waals surface area (Å²) in [6, 6.07) is -0.189. The van der Waals surface area contributed by atoms with Gasteiger partial charge in [-0.05, 0) is 33.6 Å². The maximum absolute atomic E-state index is 12.3. The molecule has 0 radical (unpaired) electrons. The number of nitrogens with zero attached hydrogens (tertiary/aromatic N) is 1. The van der Waals surface area contributed by atoms with Crippen LogP contribution in [-0.4, -0.2) is 53.3 Å². The molecule has 1 saturated carbocycles. The molecular weight excluding hydrogens is 272 g/mol. The van der Waals surface area contributed by atoms with Gasteiger partial charge < -0.3 is 20.1 Å². The second-order valence-electron chi connectivity index (χ2n) is 7.02. The van der Waals surface area contributed by atoms with Gasteiger partial charge in [0.05, 0.1) is 23.7 Å². The maximum Gasteiger partial charge on any atom is 0.317 e. The van der Waals surface area contributed by atoms with Crippen LogP contribution in [0.3, 0.4) is 0 Å². The molecule has 0 aromatic heterocycles. The van der Waals surface area contributed by atoms with Gasteiger partial charge in [0.1, 0.15) is 0 Å².